The van der Waals surface area contributed by atoms with Gasteiger partial charge in [-0.2, -0.15) is 0 Å². The van der Waals surface area contributed by atoms with Crippen molar-refractivity contribution in [3.63, 3.8) is 0 Å². The molecule has 1 aromatic carbocycles. The van der Waals surface area contributed by atoms with Crippen molar-refractivity contribution in [2.75, 3.05) is 6.61 Å². The molecule has 3 rings (SSSR count). The molecule has 2 saturated carbocycles. The van der Waals surface area contributed by atoms with Crippen LogP contribution >= 0.6 is 0 Å². The van der Waals surface area contributed by atoms with Gasteiger partial charge in [0, 0.05) is 0 Å². The molecule has 1 aromatic rings. The van der Waals surface area contributed by atoms with Gasteiger partial charge in [-0.05, 0) is 55.6 Å². The molecule has 0 saturated heterocycles. The molecule has 0 amide bonds. The summed E-state index contributed by atoms with van der Waals surface area (Å²) in [6.07, 6.45) is 12.7. The van der Waals surface area contributed by atoms with Gasteiger partial charge in [-0.3, -0.25) is 0 Å². The third-order valence-corrected chi connectivity index (χ3v) is 5.70. The van der Waals surface area contributed by atoms with Crippen LogP contribution in [0.1, 0.15) is 104 Å². The predicted octanol–water partition coefficient (Wildman–Crippen LogP) is 5.96. The van der Waals surface area contributed by atoms with Crippen LogP contribution < -0.4 is 0 Å². The fourth-order valence-corrected chi connectivity index (χ4v) is 4.54. The molecule has 2 heteroatoms. The van der Waals surface area contributed by atoms with Crippen LogP contribution in [0, 0.1) is 0 Å². The summed E-state index contributed by atoms with van der Waals surface area (Å²) in [7, 11) is 0. The van der Waals surface area contributed by atoms with Gasteiger partial charge >= 0.3 is 5.97 Å². The van der Waals surface area contributed by atoms with E-state index in [-0.39, 0.29) is 5.97 Å². The van der Waals surface area contributed by atoms with Gasteiger partial charge in [-0.1, -0.05) is 56.7 Å². The van der Waals surface area contributed by atoms with Crippen LogP contribution in [0.25, 0.3) is 0 Å². The Kier molecular flexibility index (Phi) is 5.75. The van der Waals surface area contributed by atoms with E-state index >= 15 is 0 Å². The van der Waals surface area contributed by atoms with Gasteiger partial charge in [0.2, 0.25) is 0 Å². The molecule has 2 aliphatic rings. The second kappa shape index (κ2) is 7.99. The maximum absolute atomic E-state index is 12.7. The lowest BCUT2D eigenvalue weighted by molar-refractivity contribution is 0.0522. The van der Waals surface area contributed by atoms with Crippen molar-refractivity contribution in [3.05, 3.63) is 34.9 Å². The largest absolute Gasteiger partial charge is 0.462 e. The third-order valence-electron chi connectivity index (χ3n) is 5.70. The second-order valence-corrected chi connectivity index (χ2v) is 7.20. The Morgan fingerprint density at radius 1 is 0.913 bits per heavy atom. The number of benzene rings is 1. The predicted molar refractivity (Wildman–Crippen MR) is 94.1 cm³/mol. The number of rotatable bonds is 4. The minimum Gasteiger partial charge on any atom is -0.462 e. The summed E-state index contributed by atoms with van der Waals surface area (Å²) in [5, 5.41) is 0. The molecule has 23 heavy (non-hydrogen) atoms. The summed E-state index contributed by atoms with van der Waals surface area (Å²) in [4.78, 5) is 12.7. The van der Waals surface area contributed by atoms with Crippen molar-refractivity contribution in [3.8, 4) is 0 Å². The highest BCUT2D eigenvalue weighted by Crippen LogP contribution is 2.40. The number of hydrogen-bond donors (Lipinski definition) is 0. The van der Waals surface area contributed by atoms with Crippen molar-refractivity contribution >= 4 is 5.97 Å². The summed E-state index contributed by atoms with van der Waals surface area (Å²) >= 11 is 0. The normalized spacial score (nSPS) is 20.4. The summed E-state index contributed by atoms with van der Waals surface area (Å²) in [5.41, 5.74) is 3.46. The van der Waals surface area contributed by atoms with Crippen molar-refractivity contribution in [2.24, 2.45) is 0 Å². The standard InChI is InChI=1S/C21H30O2/c1-2-23-21(22)20-18(16-10-5-3-6-11-16)14-9-15-19(20)17-12-7-4-8-13-17/h9,14-17H,2-8,10-13H2,1H3. The van der Waals surface area contributed by atoms with E-state index in [1.54, 1.807) is 0 Å². The zero-order chi connectivity index (χ0) is 16.1. The monoisotopic (exact) mass is 314 g/mol. The number of carbonyl (C=O) groups is 1. The van der Waals surface area contributed by atoms with Crippen LogP contribution in [0.15, 0.2) is 18.2 Å². The minimum atomic E-state index is -0.0887. The SMILES string of the molecule is CCOC(=O)c1c(C2CCCCC2)cccc1C1CCCCC1. The summed E-state index contributed by atoms with van der Waals surface area (Å²) in [5.74, 6) is 1.01. The number of ether oxygens (including phenoxy) is 1. The molecule has 2 nitrogen and oxygen atoms in total. The fraction of sp³-hybridized carbons (Fsp3) is 0.667. The Hall–Kier alpha value is -1.31. The quantitative estimate of drug-likeness (QED) is 0.641. The Bertz CT molecular complexity index is 486. The lowest BCUT2D eigenvalue weighted by Gasteiger charge is -2.28. The fourth-order valence-electron chi connectivity index (χ4n) is 4.54. The van der Waals surface area contributed by atoms with Crippen molar-refractivity contribution in [1.82, 2.24) is 0 Å². The smallest absolute Gasteiger partial charge is 0.338 e. The third kappa shape index (κ3) is 3.79. The van der Waals surface area contributed by atoms with Gasteiger partial charge in [0.05, 0.1) is 12.2 Å². The molecule has 126 valence electrons. The minimum absolute atomic E-state index is 0.0887. The van der Waals surface area contributed by atoms with Crippen molar-refractivity contribution in [2.45, 2.75) is 83.0 Å². The van der Waals surface area contributed by atoms with Gasteiger partial charge in [0.25, 0.3) is 0 Å². The molecular weight excluding hydrogens is 284 g/mol. The Morgan fingerprint density at radius 3 is 1.83 bits per heavy atom. The number of hydrogen-bond acceptors (Lipinski definition) is 2. The molecule has 0 aromatic heterocycles. The second-order valence-electron chi connectivity index (χ2n) is 7.20. The topological polar surface area (TPSA) is 26.3 Å². The van der Waals surface area contributed by atoms with E-state index in [2.05, 4.69) is 18.2 Å². The van der Waals surface area contributed by atoms with Gasteiger partial charge in [-0.25, -0.2) is 4.79 Å². The van der Waals surface area contributed by atoms with E-state index in [4.69, 9.17) is 4.74 Å². The van der Waals surface area contributed by atoms with Crippen molar-refractivity contribution < 1.29 is 9.53 Å². The van der Waals surface area contributed by atoms with E-state index in [0.29, 0.717) is 18.4 Å². The molecule has 0 radical (unpaired) electrons. The molecule has 0 spiro atoms. The lowest BCUT2D eigenvalue weighted by Crippen LogP contribution is -2.18. The summed E-state index contributed by atoms with van der Waals surface area (Å²) in [6, 6.07) is 6.56. The molecule has 0 N–H and O–H groups in total. The van der Waals surface area contributed by atoms with Crippen LogP contribution in [0.4, 0.5) is 0 Å². The Labute approximate surface area is 140 Å². The van der Waals surface area contributed by atoms with Gasteiger partial charge < -0.3 is 4.74 Å². The molecule has 0 bridgehead atoms. The van der Waals surface area contributed by atoms with E-state index < -0.39 is 0 Å². The summed E-state index contributed by atoms with van der Waals surface area (Å²) < 4.78 is 5.45. The van der Waals surface area contributed by atoms with E-state index in [1.807, 2.05) is 6.92 Å². The van der Waals surface area contributed by atoms with E-state index in [0.717, 1.165) is 5.56 Å². The average molecular weight is 314 g/mol. The van der Waals surface area contributed by atoms with E-state index in [9.17, 15) is 4.79 Å². The zero-order valence-corrected chi connectivity index (χ0v) is 14.5. The molecule has 0 unspecified atom stereocenters. The van der Waals surface area contributed by atoms with Crippen LogP contribution in [-0.4, -0.2) is 12.6 Å². The first-order chi connectivity index (χ1) is 11.3. The van der Waals surface area contributed by atoms with Crippen molar-refractivity contribution in [1.29, 1.82) is 0 Å². The molecule has 2 fully saturated rings. The van der Waals surface area contributed by atoms with Gasteiger partial charge in [-0.15, -0.1) is 0 Å². The highest BCUT2D eigenvalue weighted by atomic mass is 16.5. The van der Waals surface area contributed by atoms with Crippen LogP contribution in [0.3, 0.4) is 0 Å². The number of esters is 1. The molecule has 0 atom stereocenters. The maximum Gasteiger partial charge on any atom is 0.338 e. The Balaban J connectivity index is 1.98. The lowest BCUT2D eigenvalue weighted by atomic mass is 9.76. The molecule has 0 aliphatic heterocycles. The average Bonchev–Trinajstić information content (AvgIpc) is 2.63. The van der Waals surface area contributed by atoms with Gasteiger partial charge in [0.1, 0.15) is 0 Å². The zero-order valence-electron chi connectivity index (χ0n) is 14.5. The molecule has 0 heterocycles. The number of carbonyl (C=O) groups excluding carboxylic acids is 1. The molecular formula is C21H30O2. The maximum atomic E-state index is 12.7. The first-order valence-corrected chi connectivity index (χ1v) is 9.61. The first-order valence-electron chi connectivity index (χ1n) is 9.61. The molecule has 2 aliphatic carbocycles. The Morgan fingerprint density at radius 2 is 1.39 bits per heavy atom. The van der Waals surface area contributed by atoms with Gasteiger partial charge in [0.15, 0.2) is 0 Å². The highest BCUT2D eigenvalue weighted by molar-refractivity contribution is 5.93. The highest BCUT2D eigenvalue weighted by Gasteiger charge is 2.28. The first kappa shape index (κ1) is 16.5. The van der Waals surface area contributed by atoms with E-state index in [1.165, 1.54) is 75.3 Å². The van der Waals surface area contributed by atoms with Crippen LogP contribution in [-0.2, 0) is 4.74 Å². The van der Waals surface area contributed by atoms with Crippen LogP contribution in [0.5, 0.6) is 0 Å². The summed E-state index contributed by atoms with van der Waals surface area (Å²) in [6.45, 7) is 2.36. The van der Waals surface area contributed by atoms with Crippen LogP contribution in [0.2, 0.25) is 0 Å².